The summed E-state index contributed by atoms with van der Waals surface area (Å²) in [7, 11) is 0. The summed E-state index contributed by atoms with van der Waals surface area (Å²) in [5, 5.41) is 19.4. The van der Waals surface area contributed by atoms with E-state index in [-0.39, 0.29) is 12.6 Å². The van der Waals surface area contributed by atoms with Gasteiger partial charge < -0.3 is 19.7 Å². The van der Waals surface area contributed by atoms with Crippen molar-refractivity contribution < 1.29 is 19.7 Å². The third kappa shape index (κ3) is 2.20. The molecule has 8 heteroatoms. The lowest BCUT2D eigenvalue weighted by molar-refractivity contribution is -0.123. The molecule has 2 saturated heterocycles. The first-order valence-electron chi connectivity index (χ1n) is 6.43. The van der Waals surface area contributed by atoms with E-state index in [1.165, 1.54) is 10.8 Å². The van der Waals surface area contributed by atoms with E-state index in [1.807, 2.05) is 0 Å². The highest BCUT2D eigenvalue weighted by atomic mass is 16.7. The Morgan fingerprint density at radius 2 is 2.15 bits per heavy atom. The van der Waals surface area contributed by atoms with Crippen molar-refractivity contribution in [3.63, 3.8) is 0 Å². The Morgan fingerprint density at radius 1 is 1.40 bits per heavy atom. The zero-order valence-electron chi connectivity index (χ0n) is 10.9. The molecule has 0 aromatic carbocycles. The fraction of sp³-hybridized carbons (Fsp3) is 0.667. The molecule has 2 aliphatic heterocycles. The lowest BCUT2D eigenvalue weighted by Gasteiger charge is -2.18. The second-order valence-electron chi connectivity index (χ2n) is 5.22. The van der Waals surface area contributed by atoms with Crippen molar-refractivity contribution in [2.24, 2.45) is 0 Å². The standard InChI is InChI=1S/C12H16N2O6/c1-5-3-14(12(18)13-11(5)17)4-7-9(16)10-6(19-7)2-8(15)20-10/h3,6-10,15-16H,2,4H2,1H3,(H,13,17,18)/t6-,7-,8?,9-,10+/m1/s1. The van der Waals surface area contributed by atoms with Gasteiger partial charge in [-0.15, -0.1) is 0 Å². The summed E-state index contributed by atoms with van der Waals surface area (Å²) in [5.41, 5.74) is -0.569. The van der Waals surface area contributed by atoms with Gasteiger partial charge >= 0.3 is 5.69 Å². The second-order valence-corrected chi connectivity index (χ2v) is 5.22. The number of nitrogens with one attached hydrogen (secondary N) is 1. The number of aromatic amines is 1. The summed E-state index contributed by atoms with van der Waals surface area (Å²) < 4.78 is 12.1. The molecule has 1 aromatic heterocycles. The van der Waals surface area contributed by atoms with Gasteiger partial charge in [-0.1, -0.05) is 0 Å². The molecule has 2 aliphatic rings. The monoisotopic (exact) mass is 284 g/mol. The van der Waals surface area contributed by atoms with Crippen LogP contribution in [0.2, 0.25) is 0 Å². The Balaban J connectivity index is 1.78. The van der Waals surface area contributed by atoms with Crippen LogP contribution >= 0.6 is 0 Å². The molecular formula is C12H16N2O6. The van der Waals surface area contributed by atoms with Crippen LogP contribution in [0.15, 0.2) is 15.8 Å². The molecule has 0 aliphatic carbocycles. The Hall–Kier alpha value is -1.48. The number of hydrogen-bond donors (Lipinski definition) is 3. The van der Waals surface area contributed by atoms with Gasteiger partial charge in [-0.05, 0) is 6.92 Å². The van der Waals surface area contributed by atoms with E-state index in [9.17, 15) is 19.8 Å². The lowest BCUT2D eigenvalue weighted by Crippen LogP contribution is -2.39. The molecule has 1 aromatic rings. The van der Waals surface area contributed by atoms with Crippen LogP contribution in [0.25, 0.3) is 0 Å². The highest BCUT2D eigenvalue weighted by Crippen LogP contribution is 2.33. The third-order valence-electron chi connectivity index (χ3n) is 3.75. The van der Waals surface area contributed by atoms with E-state index in [0.717, 1.165) is 0 Å². The van der Waals surface area contributed by atoms with Gasteiger partial charge in [0.15, 0.2) is 6.29 Å². The van der Waals surface area contributed by atoms with Crippen molar-refractivity contribution >= 4 is 0 Å². The Labute approximate surface area is 113 Å². The highest BCUT2D eigenvalue weighted by Gasteiger charge is 2.50. The zero-order chi connectivity index (χ0) is 14.4. The Bertz CT molecular complexity index is 623. The number of aryl methyl sites for hydroxylation is 1. The normalized spacial score (nSPS) is 36.2. The van der Waals surface area contributed by atoms with Gasteiger partial charge in [0, 0.05) is 18.2 Å². The number of ether oxygens (including phenoxy) is 2. The van der Waals surface area contributed by atoms with Gasteiger partial charge in [-0.2, -0.15) is 0 Å². The second kappa shape index (κ2) is 4.81. The Kier molecular flexibility index (Phi) is 3.25. The van der Waals surface area contributed by atoms with Crippen LogP contribution in [-0.2, 0) is 16.0 Å². The van der Waals surface area contributed by atoms with E-state index in [1.54, 1.807) is 6.92 Å². The number of hydrogen-bond acceptors (Lipinski definition) is 6. The molecule has 1 unspecified atom stereocenters. The molecule has 0 amide bonds. The highest BCUT2D eigenvalue weighted by molar-refractivity contribution is 5.02. The van der Waals surface area contributed by atoms with Gasteiger partial charge in [0.25, 0.3) is 5.56 Å². The number of fused-ring (bicyclic) bond motifs is 1. The molecule has 5 atom stereocenters. The predicted molar refractivity (Wildman–Crippen MR) is 66.2 cm³/mol. The predicted octanol–water partition coefficient (Wildman–Crippen LogP) is -1.92. The minimum atomic E-state index is -0.920. The minimum Gasteiger partial charge on any atom is -0.388 e. The molecule has 3 N–H and O–H groups in total. The third-order valence-corrected chi connectivity index (χ3v) is 3.75. The lowest BCUT2D eigenvalue weighted by atomic mass is 10.1. The average molecular weight is 284 g/mol. The fourth-order valence-electron chi connectivity index (χ4n) is 2.71. The number of rotatable bonds is 2. The van der Waals surface area contributed by atoms with Crippen LogP contribution in [0.5, 0.6) is 0 Å². The largest absolute Gasteiger partial charge is 0.388 e. The van der Waals surface area contributed by atoms with Crippen LogP contribution in [0, 0.1) is 6.92 Å². The molecule has 0 bridgehead atoms. The first kappa shape index (κ1) is 13.5. The first-order valence-corrected chi connectivity index (χ1v) is 6.43. The summed E-state index contributed by atoms with van der Waals surface area (Å²) in [6.45, 7) is 1.71. The van der Waals surface area contributed by atoms with E-state index < -0.39 is 35.9 Å². The van der Waals surface area contributed by atoms with Crippen molar-refractivity contribution in [2.45, 2.75) is 50.6 Å². The van der Waals surface area contributed by atoms with Crippen LogP contribution in [0.4, 0.5) is 0 Å². The van der Waals surface area contributed by atoms with Gasteiger partial charge in [-0.3, -0.25) is 14.3 Å². The topological polar surface area (TPSA) is 114 Å². The van der Waals surface area contributed by atoms with Gasteiger partial charge in [0.05, 0.1) is 12.6 Å². The summed E-state index contributed by atoms with van der Waals surface area (Å²) in [5.74, 6) is 0. The molecule has 3 heterocycles. The van der Waals surface area contributed by atoms with Gasteiger partial charge in [-0.25, -0.2) is 4.79 Å². The summed E-state index contributed by atoms with van der Waals surface area (Å²) >= 11 is 0. The van der Waals surface area contributed by atoms with E-state index in [4.69, 9.17) is 9.47 Å². The van der Waals surface area contributed by atoms with Crippen molar-refractivity contribution in [3.8, 4) is 0 Å². The SMILES string of the molecule is Cc1cn(C[C@H]2O[C@@H]3CC(O)O[C@@H]3[C@@H]2O)c(=O)[nH]c1=O. The number of H-pyrrole nitrogens is 1. The summed E-state index contributed by atoms with van der Waals surface area (Å²) in [4.78, 5) is 25.2. The van der Waals surface area contributed by atoms with Gasteiger partial charge in [0.2, 0.25) is 0 Å². The number of aromatic nitrogens is 2. The van der Waals surface area contributed by atoms with E-state index in [0.29, 0.717) is 12.0 Å². The molecule has 20 heavy (non-hydrogen) atoms. The molecule has 2 fully saturated rings. The summed E-state index contributed by atoms with van der Waals surface area (Å²) in [6, 6.07) is 0. The maximum absolute atomic E-state index is 11.7. The molecular weight excluding hydrogens is 268 g/mol. The van der Waals surface area contributed by atoms with E-state index in [2.05, 4.69) is 4.98 Å². The summed E-state index contributed by atoms with van der Waals surface area (Å²) in [6.07, 6.45) is -1.66. The molecule has 8 nitrogen and oxygen atoms in total. The minimum absolute atomic E-state index is 0.115. The number of aliphatic hydroxyl groups excluding tert-OH is 2. The van der Waals surface area contributed by atoms with Crippen LogP contribution < -0.4 is 11.2 Å². The van der Waals surface area contributed by atoms with Crippen molar-refractivity contribution in [3.05, 3.63) is 32.6 Å². The molecule has 110 valence electrons. The maximum Gasteiger partial charge on any atom is 0.328 e. The van der Waals surface area contributed by atoms with Crippen LogP contribution in [0.1, 0.15) is 12.0 Å². The van der Waals surface area contributed by atoms with Gasteiger partial charge in [0.1, 0.15) is 18.3 Å². The Morgan fingerprint density at radius 3 is 2.85 bits per heavy atom. The molecule has 3 rings (SSSR count). The van der Waals surface area contributed by atoms with Crippen LogP contribution in [0.3, 0.4) is 0 Å². The molecule has 0 radical (unpaired) electrons. The van der Waals surface area contributed by atoms with Crippen molar-refractivity contribution in [1.82, 2.24) is 9.55 Å². The number of nitrogens with zero attached hydrogens (tertiary/aromatic N) is 1. The zero-order valence-corrected chi connectivity index (χ0v) is 10.9. The quantitative estimate of drug-likeness (QED) is 0.583. The maximum atomic E-state index is 11.7. The van der Waals surface area contributed by atoms with Crippen molar-refractivity contribution in [2.75, 3.05) is 0 Å². The van der Waals surface area contributed by atoms with E-state index >= 15 is 0 Å². The molecule has 0 saturated carbocycles. The fourth-order valence-corrected chi connectivity index (χ4v) is 2.71. The van der Waals surface area contributed by atoms with Crippen molar-refractivity contribution in [1.29, 1.82) is 0 Å². The molecule has 0 spiro atoms. The first-order chi connectivity index (χ1) is 9.45. The van der Waals surface area contributed by atoms with Crippen LogP contribution in [-0.4, -0.2) is 50.5 Å². The average Bonchev–Trinajstić information content (AvgIpc) is 2.86. The number of aliphatic hydroxyl groups is 2. The smallest absolute Gasteiger partial charge is 0.328 e.